The minimum absolute atomic E-state index is 0.283. The van der Waals surface area contributed by atoms with Crippen LogP contribution in [0.1, 0.15) is 23.6 Å². The number of benzene rings is 2. The molecule has 0 saturated heterocycles. The second-order valence-corrected chi connectivity index (χ2v) is 5.63. The third kappa shape index (κ3) is 5.52. The van der Waals surface area contributed by atoms with E-state index in [2.05, 4.69) is 5.32 Å². The van der Waals surface area contributed by atoms with Crippen LogP contribution in [0.5, 0.6) is 5.75 Å². The van der Waals surface area contributed by atoms with E-state index in [1.807, 2.05) is 6.07 Å². The number of nitrogens with one attached hydrogen (secondary N) is 1. The molecule has 1 unspecified atom stereocenters. The van der Waals surface area contributed by atoms with Gasteiger partial charge in [-0.3, -0.25) is 4.79 Å². The Hall–Kier alpha value is -3.01. The van der Waals surface area contributed by atoms with Gasteiger partial charge in [-0.1, -0.05) is 12.1 Å². The first-order chi connectivity index (χ1) is 12.3. The summed E-state index contributed by atoms with van der Waals surface area (Å²) in [7, 11) is 0. The van der Waals surface area contributed by atoms with Crippen LogP contribution in [0.2, 0.25) is 0 Å². The summed E-state index contributed by atoms with van der Waals surface area (Å²) in [4.78, 5) is 12.0. The predicted molar refractivity (Wildman–Crippen MR) is 89.4 cm³/mol. The van der Waals surface area contributed by atoms with Gasteiger partial charge in [-0.25, -0.2) is 0 Å². The Morgan fingerprint density at radius 3 is 2.31 bits per heavy atom. The van der Waals surface area contributed by atoms with Crippen LogP contribution >= 0.6 is 0 Å². The molecule has 26 heavy (non-hydrogen) atoms. The number of hydrogen-bond acceptors (Lipinski definition) is 3. The first kappa shape index (κ1) is 19.3. The van der Waals surface area contributed by atoms with Crippen molar-refractivity contribution in [3.8, 4) is 11.8 Å². The number of nitrogens with zero attached hydrogens (tertiary/aromatic N) is 1. The van der Waals surface area contributed by atoms with E-state index in [1.165, 1.54) is 12.1 Å². The van der Waals surface area contributed by atoms with Gasteiger partial charge in [0.25, 0.3) is 5.91 Å². The minimum atomic E-state index is -4.36. The molecule has 1 amide bonds. The first-order valence-corrected chi connectivity index (χ1v) is 7.90. The monoisotopic (exact) mass is 362 g/mol. The van der Waals surface area contributed by atoms with Crippen LogP contribution in [0.4, 0.5) is 13.2 Å². The molecule has 0 aliphatic heterocycles. The smallest absolute Gasteiger partial charge is 0.416 e. The molecule has 2 aromatic rings. The predicted octanol–water partition coefficient (Wildman–Crippen LogP) is 3.70. The summed E-state index contributed by atoms with van der Waals surface area (Å²) in [5, 5.41) is 11.4. The summed E-state index contributed by atoms with van der Waals surface area (Å²) in [6, 6.07) is 13.2. The van der Waals surface area contributed by atoms with Crippen LogP contribution in [0.25, 0.3) is 0 Å². The highest BCUT2D eigenvalue weighted by atomic mass is 19.4. The fraction of sp³-hybridized carbons (Fsp3) is 0.263. The normalized spacial score (nSPS) is 12.1. The fourth-order valence-electron chi connectivity index (χ4n) is 2.20. The van der Waals surface area contributed by atoms with Crippen LogP contribution in [0, 0.1) is 11.3 Å². The fourth-order valence-corrected chi connectivity index (χ4v) is 2.20. The lowest BCUT2D eigenvalue weighted by atomic mass is 10.1. The van der Waals surface area contributed by atoms with Crippen molar-refractivity contribution in [1.82, 2.24) is 5.32 Å². The quantitative estimate of drug-likeness (QED) is 0.852. The molecule has 7 heteroatoms. The Morgan fingerprint density at radius 2 is 1.77 bits per heavy atom. The van der Waals surface area contributed by atoms with E-state index in [0.717, 1.165) is 12.1 Å². The lowest BCUT2D eigenvalue weighted by Crippen LogP contribution is -2.37. The molecular formula is C19H17F3N2O2. The standard InChI is InChI=1S/C19H17F3N2O2/c1-13(26-17-8-4-15(12-23)5-9-17)18(25)24-11-10-14-2-6-16(7-3-14)19(20,21)22/h2-9,13H,10-11H2,1H3,(H,24,25). The third-order valence-electron chi connectivity index (χ3n) is 3.66. The maximum atomic E-state index is 12.5. The number of rotatable bonds is 6. The van der Waals surface area contributed by atoms with Gasteiger partial charge >= 0.3 is 6.18 Å². The van der Waals surface area contributed by atoms with Crippen LogP contribution in [0.3, 0.4) is 0 Å². The van der Waals surface area contributed by atoms with Gasteiger partial charge in [0.2, 0.25) is 0 Å². The average Bonchev–Trinajstić information content (AvgIpc) is 2.62. The minimum Gasteiger partial charge on any atom is -0.481 e. The molecule has 2 rings (SSSR count). The number of carbonyl (C=O) groups is 1. The Balaban J connectivity index is 1.79. The van der Waals surface area contributed by atoms with Crippen LogP contribution in [-0.2, 0) is 17.4 Å². The van der Waals surface area contributed by atoms with E-state index < -0.39 is 17.8 Å². The number of ether oxygens (including phenoxy) is 1. The van der Waals surface area contributed by atoms with Gasteiger partial charge in [-0.15, -0.1) is 0 Å². The topological polar surface area (TPSA) is 62.1 Å². The zero-order chi connectivity index (χ0) is 19.2. The summed E-state index contributed by atoms with van der Waals surface area (Å²) in [6.07, 6.45) is -4.69. The van der Waals surface area contributed by atoms with Gasteiger partial charge in [-0.05, 0) is 55.3 Å². The maximum Gasteiger partial charge on any atom is 0.416 e. The number of nitriles is 1. The second-order valence-electron chi connectivity index (χ2n) is 5.63. The summed E-state index contributed by atoms with van der Waals surface area (Å²) in [5.74, 6) is 0.135. The highest BCUT2D eigenvalue weighted by Gasteiger charge is 2.29. The maximum absolute atomic E-state index is 12.5. The third-order valence-corrected chi connectivity index (χ3v) is 3.66. The van der Waals surface area contributed by atoms with E-state index in [-0.39, 0.29) is 12.5 Å². The number of halogens is 3. The van der Waals surface area contributed by atoms with Crippen LogP contribution < -0.4 is 10.1 Å². The molecule has 0 aliphatic carbocycles. The zero-order valence-electron chi connectivity index (χ0n) is 14.0. The van der Waals surface area contributed by atoms with Crippen molar-refractivity contribution in [3.05, 3.63) is 65.2 Å². The Bertz CT molecular complexity index is 778. The van der Waals surface area contributed by atoms with Crippen molar-refractivity contribution in [2.24, 2.45) is 0 Å². The summed E-state index contributed by atoms with van der Waals surface area (Å²) >= 11 is 0. The van der Waals surface area contributed by atoms with Crippen molar-refractivity contribution in [3.63, 3.8) is 0 Å². The average molecular weight is 362 g/mol. The molecule has 136 valence electrons. The molecule has 0 heterocycles. The molecule has 0 aromatic heterocycles. The number of carbonyl (C=O) groups excluding carboxylic acids is 1. The van der Waals surface area contributed by atoms with Crippen molar-refractivity contribution in [1.29, 1.82) is 5.26 Å². The first-order valence-electron chi connectivity index (χ1n) is 7.90. The number of alkyl halides is 3. The molecule has 0 bridgehead atoms. The number of hydrogen-bond donors (Lipinski definition) is 1. The molecule has 0 saturated carbocycles. The molecule has 0 radical (unpaired) electrons. The van der Waals surface area contributed by atoms with Crippen LogP contribution in [-0.4, -0.2) is 18.6 Å². The molecule has 1 N–H and O–H groups in total. The van der Waals surface area contributed by atoms with E-state index >= 15 is 0 Å². The lowest BCUT2D eigenvalue weighted by molar-refractivity contribution is -0.137. The van der Waals surface area contributed by atoms with Crippen molar-refractivity contribution in [2.75, 3.05) is 6.54 Å². The van der Waals surface area contributed by atoms with Gasteiger partial charge < -0.3 is 10.1 Å². The molecule has 0 aliphatic rings. The van der Waals surface area contributed by atoms with E-state index in [4.69, 9.17) is 10.00 Å². The van der Waals surface area contributed by atoms with E-state index in [9.17, 15) is 18.0 Å². The molecule has 4 nitrogen and oxygen atoms in total. The summed E-state index contributed by atoms with van der Waals surface area (Å²) < 4.78 is 43.0. The van der Waals surface area contributed by atoms with Crippen LogP contribution in [0.15, 0.2) is 48.5 Å². The van der Waals surface area contributed by atoms with Crippen molar-refractivity contribution in [2.45, 2.75) is 25.6 Å². The van der Waals surface area contributed by atoms with Gasteiger partial charge in [0, 0.05) is 6.54 Å². The zero-order valence-corrected chi connectivity index (χ0v) is 14.0. The molecule has 0 fully saturated rings. The van der Waals surface area contributed by atoms with Crippen molar-refractivity contribution >= 4 is 5.91 Å². The van der Waals surface area contributed by atoms with E-state index in [0.29, 0.717) is 23.3 Å². The Morgan fingerprint density at radius 1 is 1.15 bits per heavy atom. The van der Waals surface area contributed by atoms with Gasteiger partial charge in [0.05, 0.1) is 17.2 Å². The molecule has 1 atom stereocenters. The summed E-state index contributed by atoms with van der Waals surface area (Å²) in [5.41, 5.74) is 0.486. The van der Waals surface area contributed by atoms with E-state index in [1.54, 1.807) is 31.2 Å². The highest BCUT2D eigenvalue weighted by molar-refractivity contribution is 5.80. The van der Waals surface area contributed by atoms with Gasteiger partial charge in [-0.2, -0.15) is 18.4 Å². The van der Waals surface area contributed by atoms with Gasteiger partial charge in [0.1, 0.15) is 5.75 Å². The SMILES string of the molecule is CC(Oc1ccc(C#N)cc1)C(=O)NCCc1ccc(C(F)(F)F)cc1. The number of amides is 1. The molecular weight excluding hydrogens is 345 g/mol. The molecule has 2 aromatic carbocycles. The summed E-state index contributed by atoms with van der Waals surface area (Å²) in [6.45, 7) is 1.87. The van der Waals surface area contributed by atoms with Gasteiger partial charge in [0.15, 0.2) is 6.10 Å². The lowest BCUT2D eigenvalue weighted by Gasteiger charge is -2.15. The van der Waals surface area contributed by atoms with Crippen molar-refractivity contribution < 1.29 is 22.7 Å². The Labute approximate surface area is 149 Å². The molecule has 0 spiro atoms. The second kappa shape index (κ2) is 8.39. The Kier molecular flexibility index (Phi) is 6.23. The largest absolute Gasteiger partial charge is 0.481 e. The highest BCUT2D eigenvalue weighted by Crippen LogP contribution is 2.29.